The summed E-state index contributed by atoms with van der Waals surface area (Å²) in [6, 6.07) is 20.6. The minimum Gasteiger partial charge on any atom is -0.495 e. The van der Waals surface area contributed by atoms with E-state index < -0.39 is 0 Å². The van der Waals surface area contributed by atoms with Crippen molar-refractivity contribution in [1.82, 2.24) is 14.8 Å². The molecule has 0 fully saturated rings. The van der Waals surface area contributed by atoms with Crippen LogP contribution < -0.4 is 19.5 Å². The van der Waals surface area contributed by atoms with E-state index in [0.29, 0.717) is 49.0 Å². The number of H-pyrrole nitrogens is 1. The number of methoxy groups -OCH3 is 3. The molecule has 2 N–H and O–H groups in total. The number of benzene rings is 3. The van der Waals surface area contributed by atoms with Gasteiger partial charge in [-0.15, -0.1) is 0 Å². The molecule has 222 valence electrons. The van der Waals surface area contributed by atoms with Gasteiger partial charge in [-0.05, 0) is 53.8 Å². The van der Waals surface area contributed by atoms with Gasteiger partial charge in [-0.1, -0.05) is 50.2 Å². The Morgan fingerprint density at radius 1 is 0.857 bits per heavy atom. The van der Waals surface area contributed by atoms with Crippen LogP contribution in [0.4, 0.5) is 10.5 Å². The van der Waals surface area contributed by atoms with Crippen LogP contribution in [0, 0.1) is 5.92 Å². The number of rotatable bonds is 13. The number of aromatic nitrogens is 1. The average molecular weight is 573 g/mol. The summed E-state index contributed by atoms with van der Waals surface area (Å²) in [6.07, 6.45) is 2.65. The highest BCUT2D eigenvalue weighted by atomic mass is 16.5. The first-order valence-electron chi connectivity index (χ1n) is 14.1. The number of carbonyl (C=O) groups excluding carboxylic acids is 2. The normalized spacial score (nSPS) is 10.9. The largest absolute Gasteiger partial charge is 0.495 e. The van der Waals surface area contributed by atoms with E-state index in [1.54, 1.807) is 43.3 Å². The van der Waals surface area contributed by atoms with Crippen LogP contribution in [0.1, 0.15) is 25.0 Å². The standard InChI is InChI=1S/C33H40N4O5/c1-23(2)20-37(33(39)35-28-12-8-9-13-29(28)40-3)22-32(38)36(21-24-14-15-30(41-4)31(18-24)42-5)17-16-25-19-34-27-11-7-6-10-26(25)27/h6-15,18-19,23,34H,16-17,20-22H2,1-5H3,(H,35,39). The summed E-state index contributed by atoms with van der Waals surface area (Å²) in [7, 11) is 4.74. The molecule has 0 radical (unpaired) electrons. The summed E-state index contributed by atoms with van der Waals surface area (Å²) in [4.78, 5) is 34.0. The lowest BCUT2D eigenvalue weighted by Gasteiger charge is -2.29. The number of urea groups is 1. The Bertz CT molecular complexity index is 1500. The van der Waals surface area contributed by atoms with Crippen LogP contribution in [0.25, 0.3) is 10.9 Å². The number of amides is 3. The lowest BCUT2D eigenvalue weighted by Crippen LogP contribution is -2.46. The lowest BCUT2D eigenvalue weighted by atomic mass is 10.1. The quantitative estimate of drug-likeness (QED) is 0.206. The van der Waals surface area contributed by atoms with E-state index in [2.05, 4.69) is 16.4 Å². The average Bonchev–Trinajstić information content (AvgIpc) is 3.41. The maximum Gasteiger partial charge on any atom is 0.322 e. The number of hydrogen-bond donors (Lipinski definition) is 2. The molecule has 0 atom stereocenters. The Kier molecular flexibility index (Phi) is 10.3. The number of hydrogen-bond acceptors (Lipinski definition) is 5. The van der Waals surface area contributed by atoms with Gasteiger partial charge in [0.25, 0.3) is 0 Å². The Balaban J connectivity index is 1.57. The molecule has 0 aliphatic heterocycles. The first kappa shape index (κ1) is 30.3. The zero-order chi connectivity index (χ0) is 30.1. The van der Waals surface area contributed by atoms with Crippen molar-refractivity contribution in [1.29, 1.82) is 0 Å². The highest BCUT2D eigenvalue weighted by molar-refractivity contribution is 5.93. The van der Waals surface area contributed by atoms with Gasteiger partial charge in [0.15, 0.2) is 11.5 Å². The number of nitrogens with zero attached hydrogens (tertiary/aromatic N) is 2. The van der Waals surface area contributed by atoms with Crippen LogP contribution in [0.2, 0.25) is 0 Å². The lowest BCUT2D eigenvalue weighted by molar-refractivity contribution is -0.132. The van der Waals surface area contributed by atoms with Gasteiger partial charge < -0.3 is 34.3 Å². The molecule has 3 aromatic carbocycles. The Morgan fingerprint density at radius 3 is 2.31 bits per heavy atom. The second-order valence-corrected chi connectivity index (χ2v) is 10.5. The Hall–Kier alpha value is -4.66. The predicted molar refractivity (Wildman–Crippen MR) is 165 cm³/mol. The van der Waals surface area contributed by atoms with Crippen molar-refractivity contribution in [2.75, 3.05) is 46.3 Å². The summed E-state index contributed by atoms with van der Waals surface area (Å²) < 4.78 is 16.3. The first-order chi connectivity index (χ1) is 20.3. The van der Waals surface area contributed by atoms with Gasteiger partial charge >= 0.3 is 6.03 Å². The Labute approximate surface area is 247 Å². The molecule has 0 bridgehead atoms. The molecule has 4 rings (SSSR count). The molecular weight excluding hydrogens is 532 g/mol. The van der Waals surface area contributed by atoms with Crippen molar-refractivity contribution in [3.05, 3.63) is 84.1 Å². The summed E-state index contributed by atoms with van der Waals surface area (Å²) in [6.45, 7) is 5.21. The van der Waals surface area contributed by atoms with Gasteiger partial charge in [-0.3, -0.25) is 4.79 Å². The van der Waals surface area contributed by atoms with Gasteiger partial charge in [0.05, 0.1) is 27.0 Å². The molecule has 0 spiro atoms. The van der Waals surface area contributed by atoms with Crippen molar-refractivity contribution in [3.63, 3.8) is 0 Å². The highest BCUT2D eigenvalue weighted by Crippen LogP contribution is 2.28. The number of fused-ring (bicyclic) bond motifs is 1. The van der Waals surface area contributed by atoms with Gasteiger partial charge in [-0.25, -0.2) is 4.79 Å². The number of anilines is 1. The van der Waals surface area contributed by atoms with Crippen molar-refractivity contribution >= 4 is 28.5 Å². The van der Waals surface area contributed by atoms with Gasteiger partial charge in [0.2, 0.25) is 5.91 Å². The molecule has 0 saturated heterocycles. The molecule has 0 unspecified atom stereocenters. The van der Waals surface area contributed by atoms with Crippen LogP contribution >= 0.6 is 0 Å². The van der Waals surface area contributed by atoms with E-state index in [4.69, 9.17) is 14.2 Å². The zero-order valence-corrected chi connectivity index (χ0v) is 25.0. The second-order valence-electron chi connectivity index (χ2n) is 10.5. The van der Waals surface area contributed by atoms with Crippen molar-refractivity contribution in [3.8, 4) is 17.2 Å². The van der Waals surface area contributed by atoms with E-state index in [1.807, 2.05) is 68.6 Å². The molecule has 0 aliphatic rings. The minimum absolute atomic E-state index is 0.0691. The molecule has 1 aromatic heterocycles. The van der Waals surface area contributed by atoms with Crippen LogP contribution in [-0.4, -0.2) is 67.7 Å². The number of carbonyl (C=O) groups is 2. The Morgan fingerprint density at radius 2 is 1.57 bits per heavy atom. The maximum atomic E-state index is 13.9. The third-order valence-corrected chi connectivity index (χ3v) is 7.05. The highest BCUT2D eigenvalue weighted by Gasteiger charge is 2.24. The van der Waals surface area contributed by atoms with Gasteiger partial charge in [-0.2, -0.15) is 0 Å². The molecule has 9 nitrogen and oxygen atoms in total. The fraction of sp³-hybridized carbons (Fsp3) is 0.333. The number of ether oxygens (including phenoxy) is 3. The molecule has 4 aromatic rings. The smallest absolute Gasteiger partial charge is 0.322 e. The van der Waals surface area contributed by atoms with E-state index in [9.17, 15) is 9.59 Å². The third kappa shape index (κ3) is 7.54. The van der Waals surface area contributed by atoms with E-state index in [0.717, 1.165) is 22.0 Å². The van der Waals surface area contributed by atoms with Gasteiger partial charge in [0.1, 0.15) is 12.3 Å². The molecule has 0 saturated carbocycles. The van der Waals surface area contributed by atoms with Gasteiger partial charge in [0, 0.05) is 36.7 Å². The maximum absolute atomic E-state index is 13.9. The second kappa shape index (κ2) is 14.3. The molecule has 1 heterocycles. The molecule has 3 amide bonds. The van der Waals surface area contributed by atoms with Crippen LogP contribution in [-0.2, 0) is 17.8 Å². The third-order valence-electron chi connectivity index (χ3n) is 7.05. The number of para-hydroxylation sites is 3. The van der Waals surface area contributed by atoms with Crippen LogP contribution in [0.3, 0.4) is 0 Å². The predicted octanol–water partition coefficient (Wildman–Crippen LogP) is 5.96. The van der Waals surface area contributed by atoms with E-state index in [1.165, 1.54) is 0 Å². The molecule has 0 aliphatic carbocycles. The zero-order valence-electron chi connectivity index (χ0n) is 25.0. The van der Waals surface area contributed by atoms with Crippen LogP contribution in [0.5, 0.6) is 17.2 Å². The molecular formula is C33H40N4O5. The number of aromatic amines is 1. The van der Waals surface area contributed by atoms with Crippen LogP contribution in [0.15, 0.2) is 72.9 Å². The van der Waals surface area contributed by atoms with Crippen molar-refractivity contribution < 1.29 is 23.8 Å². The van der Waals surface area contributed by atoms with Crippen molar-refractivity contribution in [2.24, 2.45) is 5.92 Å². The summed E-state index contributed by atoms with van der Waals surface area (Å²) in [5.74, 6) is 1.77. The topological polar surface area (TPSA) is 96.1 Å². The fourth-order valence-corrected chi connectivity index (χ4v) is 4.95. The van der Waals surface area contributed by atoms with Crippen molar-refractivity contribution in [2.45, 2.75) is 26.8 Å². The fourth-order valence-electron chi connectivity index (χ4n) is 4.95. The monoisotopic (exact) mass is 572 g/mol. The minimum atomic E-state index is -0.357. The number of nitrogens with one attached hydrogen (secondary N) is 2. The first-order valence-corrected chi connectivity index (χ1v) is 14.1. The summed E-state index contributed by atoms with van der Waals surface area (Å²) in [5.41, 5.74) is 3.63. The summed E-state index contributed by atoms with van der Waals surface area (Å²) in [5, 5.41) is 4.05. The molecule has 9 heteroatoms. The van der Waals surface area contributed by atoms with E-state index in [-0.39, 0.29) is 24.4 Å². The SMILES string of the molecule is COc1ccccc1NC(=O)N(CC(=O)N(CCc1c[nH]c2ccccc12)Cc1ccc(OC)c(OC)c1)CC(C)C. The molecule has 42 heavy (non-hydrogen) atoms. The van der Waals surface area contributed by atoms with E-state index >= 15 is 0 Å². The summed E-state index contributed by atoms with van der Waals surface area (Å²) >= 11 is 0.